The molecule has 2 nitrogen and oxygen atoms in total. The highest BCUT2D eigenvalue weighted by Gasteiger charge is 2.36. The first-order valence-corrected chi connectivity index (χ1v) is 5.74. The molecular formula is C10H8F6N2S. The minimum Gasteiger partial charge on any atom is -0.379 e. The number of alkyl halides is 6. The van der Waals surface area contributed by atoms with Gasteiger partial charge in [-0.1, -0.05) is 11.8 Å². The number of thioether (sulfide) groups is 1. The molecule has 0 saturated carbocycles. The Morgan fingerprint density at radius 3 is 1.74 bits per heavy atom. The molecule has 3 N–H and O–H groups in total. The second-order valence-electron chi connectivity index (χ2n) is 3.57. The Balaban J connectivity index is 3.21. The van der Waals surface area contributed by atoms with Crippen LogP contribution in [-0.2, 0) is 18.1 Å². The zero-order valence-corrected chi connectivity index (χ0v) is 10.0. The number of nitrogens with two attached hydrogens (primary N) is 1. The maximum atomic E-state index is 12.5. The van der Waals surface area contributed by atoms with E-state index in [-0.39, 0.29) is 22.6 Å². The standard InChI is InChI=1S/C10H8F6N2S/c11-9(12,13)6-1-5(4-19-8(17)18)2-7(3-6)10(14,15)16/h1-3H,4H2,(H3,17,18). The Kier molecular flexibility index (Phi) is 4.39. The van der Waals surface area contributed by atoms with Crippen molar-refractivity contribution in [3.05, 3.63) is 34.9 Å². The molecule has 0 aliphatic carbocycles. The molecule has 0 spiro atoms. The molecule has 0 amide bonds. The second kappa shape index (κ2) is 5.32. The molecule has 0 radical (unpaired) electrons. The molecule has 19 heavy (non-hydrogen) atoms. The molecule has 1 aromatic carbocycles. The van der Waals surface area contributed by atoms with E-state index in [1.807, 2.05) is 0 Å². The van der Waals surface area contributed by atoms with Crippen molar-refractivity contribution in [2.45, 2.75) is 18.1 Å². The van der Waals surface area contributed by atoms with E-state index in [4.69, 9.17) is 11.1 Å². The molecule has 0 bridgehead atoms. The summed E-state index contributed by atoms with van der Waals surface area (Å²) in [5.74, 6) is -0.234. The molecule has 1 rings (SSSR count). The molecule has 0 aromatic heterocycles. The third kappa shape index (κ3) is 4.66. The van der Waals surface area contributed by atoms with Gasteiger partial charge in [0, 0.05) is 5.75 Å². The van der Waals surface area contributed by atoms with Gasteiger partial charge in [-0.2, -0.15) is 26.3 Å². The molecule has 9 heteroatoms. The Bertz CT molecular complexity index is 448. The van der Waals surface area contributed by atoms with Gasteiger partial charge in [0.1, 0.15) is 0 Å². The normalized spacial score (nSPS) is 12.5. The fourth-order valence-corrected chi connectivity index (χ4v) is 1.75. The molecular weight excluding hydrogens is 294 g/mol. The number of amidine groups is 1. The lowest BCUT2D eigenvalue weighted by molar-refractivity contribution is -0.143. The van der Waals surface area contributed by atoms with Gasteiger partial charge in [-0.15, -0.1) is 0 Å². The third-order valence-corrected chi connectivity index (χ3v) is 2.83. The maximum Gasteiger partial charge on any atom is 0.416 e. The Labute approximate surface area is 108 Å². The van der Waals surface area contributed by atoms with Crippen LogP contribution in [0.3, 0.4) is 0 Å². The lowest BCUT2D eigenvalue weighted by Gasteiger charge is -2.13. The molecule has 0 aliphatic rings. The summed E-state index contributed by atoms with van der Waals surface area (Å²) in [6.07, 6.45) is -9.73. The van der Waals surface area contributed by atoms with Crippen LogP contribution >= 0.6 is 11.8 Å². The van der Waals surface area contributed by atoms with Crippen LogP contribution in [0, 0.1) is 5.41 Å². The van der Waals surface area contributed by atoms with E-state index in [2.05, 4.69) is 0 Å². The van der Waals surface area contributed by atoms with Gasteiger partial charge in [0.25, 0.3) is 0 Å². The highest BCUT2D eigenvalue weighted by atomic mass is 32.2. The third-order valence-electron chi connectivity index (χ3n) is 2.04. The largest absolute Gasteiger partial charge is 0.416 e. The fourth-order valence-electron chi connectivity index (χ4n) is 1.26. The molecule has 0 saturated heterocycles. The van der Waals surface area contributed by atoms with Crippen molar-refractivity contribution in [2.24, 2.45) is 5.73 Å². The number of rotatable bonds is 2. The Hall–Kier alpha value is -1.38. The summed E-state index contributed by atoms with van der Waals surface area (Å²) >= 11 is 0.649. The van der Waals surface area contributed by atoms with Crippen LogP contribution in [0.1, 0.15) is 16.7 Å². The van der Waals surface area contributed by atoms with Gasteiger partial charge >= 0.3 is 12.4 Å². The van der Waals surface area contributed by atoms with Gasteiger partial charge in [-0.05, 0) is 23.8 Å². The number of nitrogens with one attached hydrogen (secondary N) is 1. The van der Waals surface area contributed by atoms with Crippen LogP contribution in [0.25, 0.3) is 0 Å². The number of hydrogen-bond donors (Lipinski definition) is 2. The molecule has 106 valence electrons. The highest BCUT2D eigenvalue weighted by molar-refractivity contribution is 8.13. The minimum absolute atomic E-state index is 0.0575. The average Bonchev–Trinajstić information content (AvgIpc) is 2.23. The average molecular weight is 302 g/mol. The first-order chi connectivity index (χ1) is 8.50. The molecule has 0 aliphatic heterocycles. The lowest BCUT2D eigenvalue weighted by atomic mass is 10.1. The van der Waals surface area contributed by atoms with Crippen molar-refractivity contribution in [3.63, 3.8) is 0 Å². The van der Waals surface area contributed by atoms with E-state index in [1.54, 1.807) is 0 Å². The van der Waals surface area contributed by atoms with Crippen LogP contribution in [-0.4, -0.2) is 5.17 Å². The number of hydrogen-bond acceptors (Lipinski definition) is 2. The van der Waals surface area contributed by atoms with E-state index in [0.717, 1.165) is 0 Å². The van der Waals surface area contributed by atoms with Crippen molar-refractivity contribution in [3.8, 4) is 0 Å². The quantitative estimate of drug-likeness (QED) is 0.495. The van der Waals surface area contributed by atoms with E-state index in [1.165, 1.54) is 0 Å². The lowest BCUT2D eigenvalue weighted by Crippen LogP contribution is -2.12. The van der Waals surface area contributed by atoms with Crippen LogP contribution in [0.5, 0.6) is 0 Å². The molecule has 0 heterocycles. The number of benzene rings is 1. The summed E-state index contributed by atoms with van der Waals surface area (Å²) in [6.45, 7) is 0. The van der Waals surface area contributed by atoms with Crippen molar-refractivity contribution >= 4 is 16.9 Å². The Morgan fingerprint density at radius 1 is 1.00 bits per heavy atom. The van der Waals surface area contributed by atoms with Gasteiger partial charge in [0.2, 0.25) is 0 Å². The zero-order chi connectivity index (χ0) is 14.8. The summed E-state index contributed by atoms with van der Waals surface area (Å²) in [7, 11) is 0. The highest BCUT2D eigenvalue weighted by Crippen LogP contribution is 2.36. The Morgan fingerprint density at radius 2 is 1.42 bits per heavy atom. The summed E-state index contributed by atoms with van der Waals surface area (Å²) in [6, 6.07) is 1.29. The topological polar surface area (TPSA) is 49.9 Å². The minimum atomic E-state index is -4.86. The first-order valence-electron chi connectivity index (χ1n) is 4.75. The van der Waals surface area contributed by atoms with E-state index in [9.17, 15) is 26.3 Å². The first kappa shape index (κ1) is 15.7. The van der Waals surface area contributed by atoms with E-state index in [0.29, 0.717) is 23.9 Å². The van der Waals surface area contributed by atoms with Crippen LogP contribution < -0.4 is 5.73 Å². The van der Waals surface area contributed by atoms with Crippen LogP contribution in [0.4, 0.5) is 26.3 Å². The van der Waals surface area contributed by atoms with E-state index >= 15 is 0 Å². The fraction of sp³-hybridized carbons (Fsp3) is 0.300. The van der Waals surface area contributed by atoms with Crippen molar-refractivity contribution < 1.29 is 26.3 Å². The summed E-state index contributed by atoms with van der Waals surface area (Å²) in [5.41, 5.74) is 2.05. The predicted molar refractivity (Wildman–Crippen MR) is 59.7 cm³/mol. The van der Waals surface area contributed by atoms with Gasteiger partial charge in [0.15, 0.2) is 5.17 Å². The predicted octanol–water partition coefficient (Wildman–Crippen LogP) is 3.85. The molecule has 0 atom stereocenters. The van der Waals surface area contributed by atoms with E-state index < -0.39 is 23.5 Å². The monoisotopic (exact) mass is 302 g/mol. The van der Waals surface area contributed by atoms with Crippen molar-refractivity contribution in [1.29, 1.82) is 5.41 Å². The zero-order valence-electron chi connectivity index (χ0n) is 9.19. The van der Waals surface area contributed by atoms with Crippen molar-refractivity contribution in [1.82, 2.24) is 0 Å². The van der Waals surface area contributed by atoms with Gasteiger partial charge in [-0.3, -0.25) is 5.41 Å². The smallest absolute Gasteiger partial charge is 0.379 e. The van der Waals surface area contributed by atoms with Gasteiger partial charge in [-0.25, -0.2) is 0 Å². The van der Waals surface area contributed by atoms with Crippen LogP contribution in [0.2, 0.25) is 0 Å². The van der Waals surface area contributed by atoms with Gasteiger partial charge < -0.3 is 5.73 Å². The number of halogens is 6. The summed E-state index contributed by atoms with van der Waals surface area (Å²) in [4.78, 5) is 0. The SMILES string of the molecule is N=C(N)SCc1cc(C(F)(F)F)cc(C(F)(F)F)c1. The maximum absolute atomic E-state index is 12.5. The molecule has 0 fully saturated rings. The molecule has 0 unspecified atom stereocenters. The second-order valence-corrected chi connectivity index (χ2v) is 4.58. The summed E-state index contributed by atoms with van der Waals surface area (Å²) in [5, 5.41) is 6.51. The van der Waals surface area contributed by atoms with Crippen LogP contribution in [0.15, 0.2) is 18.2 Å². The van der Waals surface area contributed by atoms with Crippen molar-refractivity contribution in [2.75, 3.05) is 0 Å². The summed E-state index contributed by atoms with van der Waals surface area (Å²) < 4.78 is 75.0. The molecule has 1 aromatic rings. The van der Waals surface area contributed by atoms with Gasteiger partial charge in [0.05, 0.1) is 11.1 Å².